The summed E-state index contributed by atoms with van der Waals surface area (Å²) in [5.41, 5.74) is 16.1. The number of fused-ring (bicyclic) bond motifs is 6. The SMILES string of the molecule is CCn1c(-c2cnccc2COC)c2c3cc(ccc31)-c1cc(O)cc(c1)C[C@H](NC(=O)C(=C(C)C)N(C)C(=O)CCN)C(=O)N1CCC[C@H](N1)C(=O)OCC(C)(C)C2. The predicted molar refractivity (Wildman–Crippen MR) is 225 cm³/mol. The van der Waals surface area contributed by atoms with Crippen LogP contribution in [0.3, 0.4) is 0 Å². The summed E-state index contributed by atoms with van der Waals surface area (Å²) < 4.78 is 13.9. The number of likely N-dealkylation sites (N-methyl/N-ethyl adjacent to an activating group) is 1. The molecule has 14 nitrogen and oxygen atoms in total. The van der Waals surface area contributed by atoms with Crippen LogP contribution < -0.4 is 16.5 Å². The molecular formula is C45H57N7O7. The summed E-state index contributed by atoms with van der Waals surface area (Å²) in [6, 6.07) is 11.4. The van der Waals surface area contributed by atoms with Crippen molar-refractivity contribution in [2.75, 3.05) is 33.9 Å². The second-order valence-corrected chi connectivity index (χ2v) is 16.5. The van der Waals surface area contributed by atoms with Crippen LogP contribution in [0.2, 0.25) is 0 Å². The molecule has 0 radical (unpaired) electrons. The lowest BCUT2D eigenvalue weighted by Crippen LogP contribution is -2.60. The van der Waals surface area contributed by atoms with Gasteiger partial charge in [0, 0.05) is 80.9 Å². The number of esters is 1. The molecule has 2 aliphatic rings. The van der Waals surface area contributed by atoms with E-state index in [1.54, 1.807) is 39.3 Å². The summed E-state index contributed by atoms with van der Waals surface area (Å²) in [7, 11) is 3.18. The van der Waals surface area contributed by atoms with Crippen LogP contribution in [0.15, 0.2) is 66.1 Å². The summed E-state index contributed by atoms with van der Waals surface area (Å²) in [5.74, 6) is -1.92. The number of benzene rings is 2. The number of aryl methyl sites for hydroxylation is 1. The van der Waals surface area contributed by atoms with Gasteiger partial charge in [0.05, 0.1) is 18.9 Å². The fourth-order valence-electron chi connectivity index (χ4n) is 8.29. The quantitative estimate of drug-likeness (QED) is 0.133. The number of hydrogen-bond donors (Lipinski definition) is 4. The maximum Gasteiger partial charge on any atom is 0.324 e. The van der Waals surface area contributed by atoms with Crippen molar-refractivity contribution in [3.63, 3.8) is 0 Å². The Labute approximate surface area is 345 Å². The number of phenols is 1. The maximum atomic E-state index is 14.5. The van der Waals surface area contributed by atoms with Crippen molar-refractivity contribution < 1.29 is 33.8 Å². The molecule has 6 bridgehead atoms. The van der Waals surface area contributed by atoms with Crippen molar-refractivity contribution in [1.29, 1.82) is 0 Å². The van der Waals surface area contributed by atoms with E-state index in [1.165, 1.54) is 17.0 Å². The van der Waals surface area contributed by atoms with E-state index in [-0.39, 0.29) is 49.9 Å². The average Bonchev–Trinajstić information content (AvgIpc) is 3.50. The second kappa shape index (κ2) is 18.1. The lowest BCUT2D eigenvalue weighted by Gasteiger charge is -2.36. The number of carbonyl (C=O) groups excluding carboxylic acids is 4. The Kier molecular flexibility index (Phi) is 13.2. The first-order valence-electron chi connectivity index (χ1n) is 20.3. The first-order chi connectivity index (χ1) is 28.2. The normalized spacial score (nSPS) is 18.2. The molecule has 2 aliphatic heterocycles. The average molecular weight is 808 g/mol. The van der Waals surface area contributed by atoms with E-state index in [9.17, 15) is 24.3 Å². The minimum atomic E-state index is -1.15. The third kappa shape index (κ3) is 9.35. The molecule has 0 unspecified atom stereocenters. The highest BCUT2D eigenvalue weighted by atomic mass is 16.5. The van der Waals surface area contributed by atoms with Gasteiger partial charge >= 0.3 is 5.97 Å². The fourth-order valence-corrected chi connectivity index (χ4v) is 8.29. The van der Waals surface area contributed by atoms with E-state index in [4.69, 9.17) is 15.2 Å². The Bertz CT molecular complexity index is 2280. The Balaban J connectivity index is 1.51. The van der Waals surface area contributed by atoms with E-state index >= 15 is 0 Å². The monoisotopic (exact) mass is 807 g/mol. The molecular weight excluding hydrogens is 751 g/mol. The lowest BCUT2D eigenvalue weighted by atomic mass is 9.84. The van der Waals surface area contributed by atoms with Crippen LogP contribution in [0.25, 0.3) is 33.3 Å². The number of carbonyl (C=O) groups is 4. The molecule has 4 heterocycles. The molecule has 5 N–H and O–H groups in total. The summed E-state index contributed by atoms with van der Waals surface area (Å²) in [5, 5.41) is 16.5. The topological polar surface area (TPSA) is 181 Å². The van der Waals surface area contributed by atoms with Gasteiger partial charge in [-0.2, -0.15) is 0 Å². The van der Waals surface area contributed by atoms with Gasteiger partial charge in [-0.1, -0.05) is 26.0 Å². The highest BCUT2D eigenvalue weighted by Crippen LogP contribution is 2.41. The van der Waals surface area contributed by atoms with E-state index in [0.717, 1.165) is 44.4 Å². The number of phenolic OH excluding ortho intramolecular Hbond substituents is 1. The van der Waals surface area contributed by atoms with Gasteiger partial charge < -0.3 is 35.1 Å². The number of aromatic hydroxyl groups is 1. The number of nitrogens with two attached hydrogens (primary N) is 1. The van der Waals surface area contributed by atoms with Crippen LogP contribution in [0.1, 0.15) is 70.6 Å². The first-order valence-corrected chi connectivity index (χ1v) is 20.3. The molecule has 0 spiro atoms. The van der Waals surface area contributed by atoms with Gasteiger partial charge in [0.1, 0.15) is 23.5 Å². The van der Waals surface area contributed by atoms with Crippen molar-refractivity contribution in [2.45, 2.75) is 92.0 Å². The molecule has 3 amide bonds. The third-order valence-electron chi connectivity index (χ3n) is 11.1. The summed E-state index contributed by atoms with van der Waals surface area (Å²) in [4.78, 5) is 61.0. The first kappa shape index (κ1) is 43.0. The summed E-state index contributed by atoms with van der Waals surface area (Å²) in [6.07, 6.45) is 5.20. The van der Waals surface area contributed by atoms with Gasteiger partial charge in [-0.05, 0) is 104 Å². The van der Waals surface area contributed by atoms with Crippen LogP contribution in [0.4, 0.5) is 0 Å². The molecule has 2 aromatic carbocycles. The molecule has 314 valence electrons. The van der Waals surface area contributed by atoms with Gasteiger partial charge in [-0.15, -0.1) is 0 Å². The number of methoxy groups -OCH3 is 1. The molecule has 1 saturated heterocycles. The van der Waals surface area contributed by atoms with Gasteiger partial charge in [0.15, 0.2) is 0 Å². The number of aromatic nitrogens is 2. The molecule has 6 rings (SSSR count). The minimum absolute atomic E-state index is 0.00288. The number of cyclic esters (lactones) is 1. The van der Waals surface area contributed by atoms with E-state index in [1.807, 2.05) is 24.4 Å². The van der Waals surface area contributed by atoms with Gasteiger partial charge in [0.25, 0.3) is 11.8 Å². The summed E-state index contributed by atoms with van der Waals surface area (Å²) >= 11 is 0. The Morgan fingerprint density at radius 3 is 2.63 bits per heavy atom. The number of ether oxygens (including phenoxy) is 2. The van der Waals surface area contributed by atoms with Gasteiger partial charge in [-0.3, -0.25) is 29.2 Å². The molecule has 4 aromatic rings. The highest BCUT2D eigenvalue weighted by molar-refractivity contribution is 6.00. The van der Waals surface area contributed by atoms with Crippen LogP contribution in [0.5, 0.6) is 5.75 Å². The van der Waals surface area contributed by atoms with Gasteiger partial charge in [-0.25, -0.2) is 5.43 Å². The van der Waals surface area contributed by atoms with Crippen molar-refractivity contribution >= 4 is 34.6 Å². The van der Waals surface area contributed by atoms with Crippen LogP contribution in [0, 0.1) is 5.41 Å². The molecule has 0 aliphatic carbocycles. The molecule has 2 aromatic heterocycles. The fraction of sp³-hybridized carbons (Fsp3) is 0.444. The maximum absolute atomic E-state index is 14.5. The number of amides is 3. The van der Waals surface area contributed by atoms with Crippen molar-refractivity contribution in [3.05, 3.63) is 82.8 Å². The minimum Gasteiger partial charge on any atom is -0.508 e. The largest absolute Gasteiger partial charge is 0.508 e. The van der Waals surface area contributed by atoms with E-state index in [0.29, 0.717) is 43.6 Å². The zero-order valence-corrected chi connectivity index (χ0v) is 35.2. The molecule has 0 saturated carbocycles. The lowest BCUT2D eigenvalue weighted by molar-refractivity contribution is -0.155. The van der Waals surface area contributed by atoms with Crippen molar-refractivity contribution in [3.8, 4) is 28.1 Å². The van der Waals surface area contributed by atoms with Crippen LogP contribution in [-0.2, 0) is 54.6 Å². The molecule has 59 heavy (non-hydrogen) atoms. The number of pyridine rings is 1. The molecule has 2 atom stereocenters. The number of hydrogen-bond acceptors (Lipinski definition) is 10. The Hall–Kier alpha value is -5.57. The molecule has 14 heteroatoms. The number of nitrogens with one attached hydrogen (secondary N) is 2. The number of hydrazine groups is 1. The van der Waals surface area contributed by atoms with Gasteiger partial charge in [0.2, 0.25) is 5.91 Å². The highest BCUT2D eigenvalue weighted by Gasteiger charge is 2.36. The third-order valence-corrected chi connectivity index (χ3v) is 11.1. The van der Waals surface area contributed by atoms with Crippen molar-refractivity contribution in [2.24, 2.45) is 11.1 Å². The Morgan fingerprint density at radius 1 is 1.14 bits per heavy atom. The van der Waals surface area contributed by atoms with E-state index < -0.39 is 35.3 Å². The van der Waals surface area contributed by atoms with Crippen molar-refractivity contribution in [1.82, 2.24) is 30.2 Å². The van der Waals surface area contributed by atoms with E-state index in [2.05, 4.69) is 53.2 Å². The number of allylic oxidation sites excluding steroid dienone is 1. The zero-order chi connectivity index (χ0) is 42.6. The Morgan fingerprint density at radius 2 is 1.92 bits per heavy atom. The summed E-state index contributed by atoms with van der Waals surface area (Å²) in [6.45, 7) is 11.3. The second-order valence-electron chi connectivity index (χ2n) is 16.5. The number of nitrogens with zero attached hydrogens (tertiary/aromatic N) is 4. The van der Waals surface area contributed by atoms with Crippen LogP contribution >= 0.6 is 0 Å². The standard InChI is InChI=1S/C45H57N7O7/c1-8-51-38-12-11-29-22-33(38)34(41(51)35-24-47-16-14-30(35)25-58-7)23-45(4,5)26-59-44(57)36-10-9-17-52(49-36)43(56)37(20-28-18-31(29)21-32(53)19-28)48-42(55)40(27(2)3)50(6)39(54)13-15-46/h11-12,14,16,18-19,21-22,24,36-37,49,53H,8-10,13,15,17,20,23,25-26,46H2,1-7H3,(H,48,55)/t36-,37-/m0/s1. The van der Waals surface area contributed by atoms with Crippen LogP contribution in [-0.4, -0.2) is 94.2 Å². The smallest absolute Gasteiger partial charge is 0.324 e. The zero-order valence-electron chi connectivity index (χ0n) is 35.2. The predicted octanol–water partition coefficient (Wildman–Crippen LogP) is 4.99. The molecule has 1 fully saturated rings. The number of rotatable bonds is 9.